The van der Waals surface area contributed by atoms with Crippen LogP contribution >= 0.6 is 0 Å². The average molecular weight is 486 g/mol. The topological polar surface area (TPSA) is 63.7 Å². The Balaban J connectivity index is 1.88. The lowest BCUT2D eigenvalue weighted by Gasteiger charge is -2.29. The van der Waals surface area contributed by atoms with Crippen LogP contribution in [-0.2, 0) is 32.0 Å². The predicted molar refractivity (Wildman–Crippen MR) is 129 cm³/mol. The molecule has 0 radical (unpaired) electrons. The largest absolute Gasteiger partial charge is 0.460 e. The smallest absolute Gasteiger partial charge is 0.306 e. The number of carbonyl (C=O) groups is 3. The molecule has 0 bridgehead atoms. The van der Waals surface area contributed by atoms with Crippen LogP contribution in [0.25, 0.3) is 0 Å². The van der Waals surface area contributed by atoms with Crippen LogP contribution < -0.4 is 0 Å². The van der Waals surface area contributed by atoms with Crippen LogP contribution in [0.1, 0.15) is 75.6 Å². The van der Waals surface area contributed by atoms with Gasteiger partial charge in [0.1, 0.15) is 17.2 Å². The van der Waals surface area contributed by atoms with E-state index < -0.39 is 29.1 Å². The van der Waals surface area contributed by atoms with Crippen LogP contribution in [0, 0.1) is 11.6 Å². The van der Waals surface area contributed by atoms with E-state index in [9.17, 15) is 23.2 Å². The third-order valence-corrected chi connectivity index (χ3v) is 6.11. The molecule has 0 spiro atoms. The Hall–Kier alpha value is -3.09. The van der Waals surface area contributed by atoms with Crippen molar-refractivity contribution >= 4 is 17.7 Å². The molecule has 35 heavy (non-hydrogen) atoms. The number of ether oxygens (including phenoxy) is 1. The van der Waals surface area contributed by atoms with Gasteiger partial charge in [-0.25, -0.2) is 8.78 Å². The number of nitrogens with zero attached hydrogens (tertiary/aromatic N) is 1. The number of fused-ring (bicyclic) bond motifs is 2. The summed E-state index contributed by atoms with van der Waals surface area (Å²) in [6, 6.07) is 8.86. The highest BCUT2D eigenvalue weighted by Crippen LogP contribution is 2.37. The SMILES string of the molecule is CC(C)N(CC(=O)C1c2cccc(F)c2CCc2c(F)cccc21)C(=O)CCC(=O)OC(C)(C)C. The third kappa shape index (κ3) is 6.32. The Morgan fingerprint density at radius 3 is 1.91 bits per heavy atom. The minimum atomic E-state index is -0.895. The molecule has 2 aromatic carbocycles. The van der Waals surface area contributed by atoms with Crippen LogP contribution in [0.2, 0.25) is 0 Å². The molecule has 1 aliphatic carbocycles. The quantitative estimate of drug-likeness (QED) is 0.511. The highest BCUT2D eigenvalue weighted by Gasteiger charge is 2.34. The molecule has 1 aliphatic rings. The monoisotopic (exact) mass is 485 g/mol. The highest BCUT2D eigenvalue weighted by molar-refractivity contribution is 5.94. The van der Waals surface area contributed by atoms with Crippen molar-refractivity contribution in [2.45, 2.75) is 77.9 Å². The average Bonchev–Trinajstić information content (AvgIpc) is 2.93. The molecule has 0 heterocycles. The first-order valence-electron chi connectivity index (χ1n) is 12.0. The molecule has 0 aliphatic heterocycles. The molecule has 1 amide bonds. The van der Waals surface area contributed by atoms with E-state index in [0.717, 1.165) is 0 Å². The first kappa shape index (κ1) is 26.5. The Kier molecular flexibility index (Phi) is 8.08. The Labute approximate surface area is 205 Å². The van der Waals surface area contributed by atoms with E-state index in [2.05, 4.69) is 0 Å². The van der Waals surface area contributed by atoms with Gasteiger partial charge in [-0.2, -0.15) is 0 Å². The molecule has 0 saturated carbocycles. The number of Topliss-reactive ketones (excluding diaryl/α,β-unsaturated/α-hetero) is 1. The third-order valence-electron chi connectivity index (χ3n) is 6.11. The number of hydrogen-bond donors (Lipinski definition) is 0. The van der Waals surface area contributed by atoms with Crippen LogP contribution in [0.4, 0.5) is 8.78 Å². The van der Waals surface area contributed by atoms with Gasteiger partial charge in [-0.3, -0.25) is 14.4 Å². The van der Waals surface area contributed by atoms with Crippen molar-refractivity contribution in [3.8, 4) is 0 Å². The van der Waals surface area contributed by atoms with Crippen molar-refractivity contribution in [3.05, 3.63) is 70.3 Å². The number of hydrogen-bond acceptors (Lipinski definition) is 4. The van der Waals surface area contributed by atoms with Crippen LogP contribution in [-0.4, -0.2) is 40.7 Å². The van der Waals surface area contributed by atoms with E-state index in [0.29, 0.717) is 22.3 Å². The fourth-order valence-electron chi connectivity index (χ4n) is 4.55. The van der Waals surface area contributed by atoms with Gasteiger partial charge in [0.2, 0.25) is 5.91 Å². The highest BCUT2D eigenvalue weighted by atomic mass is 19.1. The number of benzene rings is 2. The summed E-state index contributed by atoms with van der Waals surface area (Å²) in [5.74, 6) is -2.92. The second kappa shape index (κ2) is 10.7. The van der Waals surface area contributed by atoms with Gasteiger partial charge in [-0.15, -0.1) is 0 Å². The molecule has 7 heteroatoms. The first-order chi connectivity index (χ1) is 16.4. The molecular weight excluding hydrogens is 452 g/mol. The number of esters is 1. The molecule has 3 rings (SSSR count). The number of ketones is 1. The zero-order chi connectivity index (χ0) is 25.9. The second-order valence-corrected chi connectivity index (χ2v) is 10.2. The lowest BCUT2D eigenvalue weighted by molar-refractivity contribution is -0.156. The number of carbonyl (C=O) groups excluding carboxylic acids is 3. The van der Waals surface area contributed by atoms with Gasteiger partial charge in [0, 0.05) is 12.5 Å². The van der Waals surface area contributed by atoms with E-state index >= 15 is 0 Å². The van der Waals surface area contributed by atoms with Gasteiger partial charge >= 0.3 is 5.97 Å². The molecular formula is C28H33F2NO4. The molecule has 0 unspecified atom stereocenters. The fourth-order valence-corrected chi connectivity index (χ4v) is 4.55. The summed E-state index contributed by atoms with van der Waals surface area (Å²) in [5.41, 5.74) is 1.15. The lowest BCUT2D eigenvalue weighted by Crippen LogP contribution is -2.42. The molecule has 0 N–H and O–H groups in total. The Morgan fingerprint density at radius 2 is 1.46 bits per heavy atom. The maximum absolute atomic E-state index is 14.7. The maximum atomic E-state index is 14.7. The first-order valence-corrected chi connectivity index (χ1v) is 12.0. The van der Waals surface area contributed by atoms with E-state index in [-0.39, 0.29) is 50.0 Å². The van der Waals surface area contributed by atoms with Gasteiger partial charge in [-0.05, 0) is 81.8 Å². The van der Waals surface area contributed by atoms with Crippen molar-refractivity contribution < 1.29 is 27.9 Å². The van der Waals surface area contributed by atoms with E-state index in [1.807, 2.05) is 0 Å². The summed E-state index contributed by atoms with van der Waals surface area (Å²) in [4.78, 5) is 40.2. The summed E-state index contributed by atoms with van der Waals surface area (Å²) in [7, 11) is 0. The summed E-state index contributed by atoms with van der Waals surface area (Å²) in [5, 5.41) is 0. The van der Waals surface area contributed by atoms with Gasteiger partial charge in [0.05, 0.1) is 18.9 Å². The molecule has 0 saturated heterocycles. The van der Waals surface area contributed by atoms with Crippen molar-refractivity contribution in [1.29, 1.82) is 0 Å². The van der Waals surface area contributed by atoms with Gasteiger partial charge < -0.3 is 9.64 Å². The molecule has 0 fully saturated rings. The number of amides is 1. The number of rotatable bonds is 7. The molecule has 2 aromatic rings. The molecule has 0 aromatic heterocycles. The molecule has 0 atom stereocenters. The van der Waals surface area contributed by atoms with E-state index in [1.165, 1.54) is 17.0 Å². The van der Waals surface area contributed by atoms with E-state index in [4.69, 9.17) is 4.74 Å². The van der Waals surface area contributed by atoms with E-state index in [1.54, 1.807) is 58.9 Å². The minimum absolute atomic E-state index is 0.0958. The Morgan fingerprint density at radius 1 is 0.943 bits per heavy atom. The summed E-state index contributed by atoms with van der Waals surface area (Å²) in [6.07, 6.45) is 0.366. The van der Waals surface area contributed by atoms with Crippen LogP contribution in [0.15, 0.2) is 36.4 Å². The van der Waals surface area contributed by atoms with Gasteiger partial charge in [-0.1, -0.05) is 24.3 Å². The standard InChI is InChI=1S/C28H33F2NO4/c1-17(2)31(25(33)14-15-26(34)35-28(3,4)5)16-24(32)27-20-8-6-10-22(29)18(20)12-13-19-21(27)9-7-11-23(19)30/h6-11,17,27H,12-16H2,1-5H3. The zero-order valence-corrected chi connectivity index (χ0v) is 21.0. The minimum Gasteiger partial charge on any atom is -0.460 e. The summed E-state index contributed by atoms with van der Waals surface area (Å²) < 4.78 is 34.7. The summed E-state index contributed by atoms with van der Waals surface area (Å²) in [6.45, 7) is 8.58. The van der Waals surface area contributed by atoms with Crippen molar-refractivity contribution in [1.82, 2.24) is 4.90 Å². The molecule has 5 nitrogen and oxygen atoms in total. The molecule has 188 valence electrons. The number of halogens is 2. The lowest BCUT2D eigenvalue weighted by atomic mass is 9.84. The normalized spacial score (nSPS) is 13.6. The van der Waals surface area contributed by atoms with Gasteiger partial charge in [0.15, 0.2) is 5.78 Å². The van der Waals surface area contributed by atoms with Crippen molar-refractivity contribution in [2.24, 2.45) is 0 Å². The Bertz CT molecular complexity index is 1070. The zero-order valence-electron chi connectivity index (χ0n) is 21.0. The maximum Gasteiger partial charge on any atom is 0.306 e. The fraction of sp³-hybridized carbons (Fsp3) is 0.464. The second-order valence-electron chi connectivity index (χ2n) is 10.2. The van der Waals surface area contributed by atoms with Gasteiger partial charge in [0.25, 0.3) is 0 Å². The van der Waals surface area contributed by atoms with Crippen molar-refractivity contribution in [3.63, 3.8) is 0 Å². The summed E-state index contributed by atoms with van der Waals surface area (Å²) >= 11 is 0. The predicted octanol–water partition coefficient (Wildman–Crippen LogP) is 5.12. The van der Waals surface area contributed by atoms with Crippen LogP contribution in [0.3, 0.4) is 0 Å². The van der Waals surface area contributed by atoms with Crippen LogP contribution in [0.5, 0.6) is 0 Å². The van der Waals surface area contributed by atoms with Crippen molar-refractivity contribution in [2.75, 3.05) is 6.54 Å².